The molecule has 1 aliphatic rings. The third-order valence-electron chi connectivity index (χ3n) is 4.32. The molecule has 3 rings (SSSR count). The van der Waals surface area contributed by atoms with Gasteiger partial charge in [-0.2, -0.15) is 0 Å². The maximum absolute atomic E-state index is 12.8. The number of ether oxygens (including phenoxy) is 3. The molecule has 2 aromatic carbocycles. The summed E-state index contributed by atoms with van der Waals surface area (Å²) < 4.78 is 16.3. The summed E-state index contributed by atoms with van der Waals surface area (Å²) in [6, 6.07) is 13.5. The summed E-state index contributed by atoms with van der Waals surface area (Å²) in [5.74, 6) is -0.539. The van der Waals surface area contributed by atoms with Gasteiger partial charge >= 0.3 is 5.97 Å². The second-order valence-electron chi connectivity index (χ2n) is 6.07. The first-order chi connectivity index (χ1) is 13.1. The molecule has 27 heavy (non-hydrogen) atoms. The largest absolute Gasteiger partial charge is 0.493 e. The van der Waals surface area contributed by atoms with Gasteiger partial charge in [0, 0.05) is 12.1 Å². The Morgan fingerprint density at radius 2 is 1.96 bits per heavy atom. The van der Waals surface area contributed by atoms with E-state index in [4.69, 9.17) is 14.2 Å². The molecule has 142 valence electrons. The fourth-order valence-corrected chi connectivity index (χ4v) is 2.87. The molecule has 0 radical (unpaired) electrons. The number of carboxylic acids is 1. The van der Waals surface area contributed by atoms with E-state index in [1.807, 2.05) is 30.3 Å². The van der Waals surface area contributed by atoms with Crippen molar-refractivity contribution in [3.05, 3.63) is 59.7 Å². The molecule has 0 aliphatic carbocycles. The van der Waals surface area contributed by atoms with Crippen LogP contribution in [0.3, 0.4) is 0 Å². The number of hydrogen-bond acceptors (Lipinski definition) is 5. The number of carbonyl (C=O) groups is 2. The van der Waals surface area contributed by atoms with Gasteiger partial charge in [0.25, 0.3) is 5.91 Å². The van der Waals surface area contributed by atoms with Crippen LogP contribution in [0.5, 0.6) is 11.5 Å². The number of carbonyl (C=O) groups excluding carboxylic acids is 1. The number of methoxy groups -OCH3 is 1. The second-order valence-corrected chi connectivity index (χ2v) is 6.07. The Kier molecular flexibility index (Phi) is 5.93. The number of amides is 1. The molecule has 7 nitrogen and oxygen atoms in total. The molecule has 1 aliphatic heterocycles. The molecular weight excluding hydrogens is 350 g/mol. The van der Waals surface area contributed by atoms with Gasteiger partial charge in [0.05, 0.1) is 20.3 Å². The molecule has 7 heteroatoms. The average Bonchev–Trinajstić information content (AvgIpc) is 2.72. The number of nitrogens with zero attached hydrogens (tertiary/aromatic N) is 1. The molecule has 1 atom stereocenters. The van der Waals surface area contributed by atoms with Crippen LogP contribution in [0.4, 0.5) is 0 Å². The van der Waals surface area contributed by atoms with Crippen LogP contribution in [-0.2, 0) is 16.1 Å². The molecule has 1 saturated heterocycles. The van der Waals surface area contributed by atoms with Crippen LogP contribution >= 0.6 is 0 Å². The molecule has 1 fully saturated rings. The van der Waals surface area contributed by atoms with Crippen molar-refractivity contribution >= 4 is 11.9 Å². The van der Waals surface area contributed by atoms with Gasteiger partial charge in [-0.15, -0.1) is 0 Å². The molecule has 1 amide bonds. The van der Waals surface area contributed by atoms with Gasteiger partial charge in [-0.25, -0.2) is 4.79 Å². The van der Waals surface area contributed by atoms with Gasteiger partial charge in [0.1, 0.15) is 6.61 Å². The number of benzene rings is 2. The highest BCUT2D eigenvalue weighted by molar-refractivity contribution is 5.97. The summed E-state index contributed by atoms with van der Waals surface area (Å²) in [6.07, 6.45) is 0. The van der Waals surface area contributed by atoms with Crippen molar-refractivity contribution in [1.29, 1.82) is 0 Å². The smallest absolute Gasteiger partial charge is 0.328 e. The van der Waals surface area contributed by atoms with Gasteiger partial charge in [-0.3, -0.25) is 4.79 Å². The minimum absolute atomic E-state index is 0.0174. The standard InChI is InChI=1S/C20H21NO6/c1-25-18-11-15(19(22)21-9-10-26-13-16(21)20(23)24)7-8-17(18)27-12-14-5-3-2-4-6-14/h2-8,11,16H,9-10,12-13H2,1H3,(H,23,24)/t16-/m1/s1. The lowest BCUT2D eigenvalue weighted by Gasteiger charge is -2.33. The van der Waals surface area contributed by atoms with E-state index in [-0.39, 0.29) is 19.1 Å². The third kappa shape index (κ3) is 4.38. The predicted octanol–water partition coefficient (Wildman–Crippen LogP) is 2.20. The lowest BCUT2D eigenvalue weighted by Crippen LogP contribution is -2.52. The number of morpholine rings is 1. The van der Waals surface area contributed by atoms with Crippen molar-refractivity contribution in [2.75, 3.05) is 26.9 Å². The molecule has 1 N–H and O–H groups in total. The Bertz CT molecular complexity index is 807. The van der Waals surface area contributed by atoms with Gasteiger partial charge in [-0.05, 0) is 23.8 Å². The van der Waals surface area contributed by atoms with Gasteiger partial charge in [0.2, 0.25) is 0 Å². The van der Waals surface area contributed by atoms with Gasteiger partial charge in [0.15, 0.2) is 17.5 Å². The third-order valence-corrected chi connectivity index (χ3v) is 4.32. The van der Waals surface area contributed by atoms with E-state index in [1.165, 1.54) is 12.0 Å². The maximum atomic E-state index is 12.8. The van der Waals surface area contributed by atoms with E-state index in [0.717, 1.165) is 5.56 Å². The van der Waals surface area contributed by atoms with Crippen molar-refractivity contribution in [1.82, 2.24) is 4.90 Å². The van der Waals surface area contributed by atoms with Crippen LogP contribution in [0.25, 0.3) is 0 Å². The van der Waals surface area contributed by atoms with Crippen molar-refractivity contribution in [2.24, 2.45) is 0 Å². The summed E-state index contributed by atoms with van der Waals surface area (Å²) in [4.78, 5) is 25.5. The van der Waals surface area contributed by atoms with Crippen LogP contribution in [-0.4, -0.2) is 54.8 Å². The highest BCUT2D eigenvalue weighted by Crippen LogP contribution is 2.29. The minimum Gasteiger partial charge on any atom is -0.493 e. The lowest BCUT2D eigenvalue weighted by molar-refractivity contribution is -0.147. The van der Waals surface area contributed by atoms with Gasteiger partial charge in [-0.1, -0.05) is 30.3 Å². The van der Waals surface area contributed by atoms with E-state index in [0.29, 0.717) is 30.3 Å². The van der Waals surface area contributed by atoms with Crippen LogP contribution in [0, 0.1) is 0 Å². The molecule has 0 unspecified atom stereocenters. The normalized spacial score (nSPS) is 16.6. The maximum Gasteiger partial charge on any atom is 0.328 e. The molecule has 1 heterocycles. The van der Waals surface area contributed by atoms with E-state index in [2.05, 4.69) is 0 Å². The Labute approximate surface area is 157 Å². The van der Waals surface area contributed by atoms with E-state index < -0.39 is 12.0 Å². The summed E-state index contributed by atoms with van der Waals surface area (Å²) in [7, 11) is 1.49. The first-order valence-corrected chi connectivity index (χ1v) is 8.56. The van der Waals surface area contributed by atoms with Crippen molar-refractivity contribution in [3.8, 4) is 11.5 Å². The zero-order valence-electron chi connectivity index (χ0n) is 15.0. The first kappa shape index (κ1) is 18.7. The van der Waals surface area contributed by atoms with Crippen LogP contribution < -0.4 is 9.47 Å². The minimum atomic E-state index is -1.09. The summed E-state index contributed by atoms with van der Waals surface area (Å²) in [6.45, 7) is 0.890. The Hall–Kier alpha value is -3.06. The monoisotopic (exact) mass is 371 g/mol. The first-order valence-electron chi connectivity index (χ1n) is 8.56. The molecule has 2 aromatic rings. The van der Waals surface area contributed by atoms with E-state index in [9.17, 15) is 14.7 Å². The SMILES string of the molecule is COc1cc(C(=O)N2CCOC[C@@H]2C(=O)O)ccc1OCc1ccccc1. The number of carboxylic acid groups (broad SMARTS) is 1. The van der Waals surface area contributed by atoms with Crippen molar-refractivity contribution in [2.45, 2.75) is 12.6 Å². The summed E-state index contributed by atoms with van der Waals surface area (Å²) in [5.41, 5.74) is 1.35. The fraction of sp³-hybridized carbons (Fsp3) is 0.300. The highest BCUT2D eigenvalue weighted by Gasteiger charge is 2.33. The Balaban J connectivity index is 1.76. The fourth-order valence-electron chi connectivity index (χ4n) is 2.87. The van der Waals surface area contributed by atoms with E-state index >= 15 is 0 Å². The number of rotatable bonds is 6. The Morgan fingerprint density at radius 1 is 1.19 bits per heavy atom. The molecule has 0 saturated carbocycles. The number of aliphatic carboxylic acids is 1. The molecule has 0 aromatic heterocycles. The molecule has 0 spiro atoms. The predicted molar refractivity (Wildman–Crippen MR) is 97.0 cm³/mol. The quantitative estimate of drug-likeness (QED) is 0.838. The van der Waals surface area contributed by atoms with Crippen molar-refractivity contribution < 1.29 is 28.9 Å². The average molecular weight is 371 g/mol. The van der Waals surface area contributed by atoms with Crippen LogP contribution in [0.2, 0.25) is 0 Å². The van der Waals surface area contributed by atoms with Crippen LogP contribution in [0.15, 0.2) is 48.5 Å². The van der Waals surface area contributed by atoms with E-state index in [1.54, 1.807) is 18.2 Å². The molecule has 0 bridgehead atoms. The zero-order valence-corrected chi connectivity index (χ0v) is 15.0. The zero-order chi connectivity index (χ0) is 19.2. The molecular formula is C20H21NO6. The van der Waals surface area contributed by atoms with Gasteiger partial charge < -0.3 is 24.2 Å². The lowest BCUT2D eigenvalue weighted by atomic mass is 10.1. The van der Waals surface area contributed by atoms with Crippen molar-refractivity contribution in [3.63, 3.8) is 0 Å². The number of hydrogen-bond donors (Lipinski definition) is 1. The highest BCUT2D eigenvalue weighted by atomic mass is 16.5. The summed E-state index contributed by atoms with van der Waals surface area (Å²) >= 11 is 0. The Morgan fingerprint density at radius 3 is 2.67 bits per heavy atom. The summed E-state index contributed by atoms with van der Waals surface area (Å²) in [5, 5.41) is 9.31. The second kappa shape index (κ2) is 8.55. The topological polar surface area (TPSA) is 85.3 Å². The van der Waals surface area contributed by atoms with Crippen LogP contribution in [0.1, 0.15) is 15.9 Å².